The lowest BCUT2D eigenvalue weighted by molar-refractivity contribution is -0.384. The molecule has 47 heavy (non-hydrogen) atoms. The Morgan fingerprint density at radius 1 is 1.11 bits per heavy atom. The molecule has 0 saturated heterocycles. The smallest absolute Gasteiger partial charge is 0.269 e. The first-order valence-electron chi connectivity index (χ1n) is 14.4. The van der Waals surface area contributed by atoms with Crippen molar-refractivity contribution < 1.29 is 49.6 Å². The summed E-state index contributed by atoms with van der Waals surface area (Å²) in [5.41, 5.74) is 6.84. The fourth-order valence-electron chi connectivity index (χ4n) is 7.04. The number of phenolic OH excluding ortho intramolecular Hbond substituents is 1. The van der Waals surface area contributed by atoms with Gasteiger partial charge < -0.3 is 42.3 Å². The van der Waals surface area contributed by atoms with Gasteiger partial charge in [0.2, 0.25) is 11.7 Å². The van der Waals surface area contributed by atoms with Crippen LogP contribution in [-0.4, -0.2) is 96.6 Å². The lowest BCUT2D eigenvalue weighted by Gasteiger charge is -2.53. The number of amides is 2. The van der Waals surface area contributed by atoms with Crippen LogP contribution in [0.2, 0.25) is 0 Å². The molecule has 7 atom stereocenters. The summed E-state index contributed by atoms with van der Waals surface area (Å²) in [7, 11) is 2.82. The Morgan fingerprint density at radius 3 is 2.28 bits per heavy atom. The van der Waals surface area contributed by atoms with Crippen molar-refractivity contribution >= 4 is 40.5 Å². The zero-order chi connectivity index (χ0) is 34.9. The Kier molecular flexibility index (Phi) is 8.18. The number of nitrogens with zero attached hydrogens (tertiary/aromatic N) is 2. The predicted octanol–water partition coefficient (Wildman–Crippen LogP) is -0.0875. The molecule has 2 aromatic carbocycles. The SMILES string of the molecule is C[C@H]1c2ccc(NC(=O)[C@@H](N)Cc3ccc([N+](=O)[O-])cc3)c(O)c2C(O)=C2C(=O)[C@]3(O)C(O)=C(C(N)=O)C(=O)[C@@H](N(C)C)[C@@H]3[C@@H](O)C21. The van der Waals surface area contributed by atoms with E-state index in [2.05, 4.69) is 5.32 Å². The average Bonchev–Trinajstić information content (AvgIpc) is 2.99. The molecule has 5 rings (SSSR count). The van der Waals surface area contributed by atoms with Crippen LogP contribution < -0.4 is 16.8 Å². The van der Waals surface area contributed by atoms with E-state index >= 15 is 0 Å². The normalized spacial score (nSPS) is 27.6. The molecular formula is C31H33N5O11. The van der Waals surface area contributed by atoms with Crippen LogP contribution in [-0.2, 0) is 25.6 Å². The van der Waals surface area contributed by atoms with Crippen LogP contribution >= 0.6 is 0 Å². The fraction of sp³-hybridized carbons (Fsp3) is 0.355. The van der Waals surface area contributed by atoms with Crippen molar-refractivity contribution in [1.82, 2.24) is 4.90 Å². The minimum absolute atomic E-state index is 0.0174. The third-order valence-electron chi connectivity index (χ3n) is 9.33. The highest BCUT2D eigenvalue weighted by Gasteiger charge is 2.68. The van der Waals surface area contributed by atoms with Gasteiger partial charge in [0.1, 0.15) is 22.8 Å². The standard InChI is InChI=1S/C31H33N5O11/c1-11-14-8-9-16(34-30(44)15(32)10-12-4-6-13(7-5-12)36(46)47)23(37)18(14)24(38)19-17(11)25(39)21-22(35(2)3)26(40)20(29(33)43)28(42)31(21,45)27(19)41/h4-9,11,15,17,21-22,25,37-39,42,45H,10,32H2,1-3H3,(H2,33,43)(H,34,44)/t11-,15-,17?,21+,22-,25-,31-/m0/s1. The molecule has 2 aromatic rings. The van der Waals surface area contributed by atoms with Gasteiger partial charge in [0.15, 0.2) is 11.4 Å². The van der Waals surface area contributed by atoms with Gasteiger partial charge in [0.05, 0.1) is 40.3 Å². The molecular weight excluding hydrogens is 618 g/mol. The summed E-state index contributed by atoms with van der Waals surface area (Å²) in [4.78, 5) is 64.1. The number of rotatable bonds is 7. The number of nitro groups is 1. The van der Waals surface area contributed by atoms with Gasteiger partial charge in [-0.1, -0.05) is 25.1 Å². The number of carbonyl (C=O) groups excluding carboxylic acids is 4. The number of aliphatic hydroxyl groups excluding tert-OH is 3. The molecule has 10 N–H and O–H groups in total. The number of anilines is 1. The monoisotopic (exact) mass is 651 g/mol. The Morgan fingerprint density at radius 2 is 1.72 bits per heavy atom. The number of benzene rings is 2. The van der Waals surface area contributed by atoms with Crippen LogP contribution in [0.25, 0.3) is 5.76 Å². The number of hydrogen-bond acceptors (Lipinski definition) is 13. The number of nitrogens with two attached hydrogens (primary N) is 2. The molecule has 0 bridgehead atoms. The van der Waals surface area contributed by atoms with E-state index in [9.17, 15) is 54.8 Å². The molecule has 0 radical (unpaired) electrons. The van der Waals surface area contributed by atoms with Gasteiger partial charge in [0.25, 0.3) is 11.6 Å². The second kappa shape index (κ2) is 11.6. The number of non-ortho nitro benzene ring substituents is 1. The number of aliphatic hydroxyl groups is 4. The molecule has 1 saturated carbocycles. The summed E-state index contributed by atoms with van der Waals surface area (Å²) >= 11 is 0. The summed E-state index contributed by atoms with van der Waals surface area (Å²) in [5.74, 6) is -11.2. The molecule has 0 heterocycles. The largest absolute Gasteiger partial charge is 0.508 e. The number of primary amides is 1. The maximum atomic E-state index is 14.1. The van der Waals surface area contributed by atoms with Gasteiger partial charge >= 0.3 is 0 Å². The van der Waals surface area contributed by atoms with Gasteiger partial charge in [-0.25, -0.2) is 0 Å². The number of Topliss-reactive ketones (excluding diaryl/α,β-unsaturated/α-hetero) is 2. The van der Waals surface area contributed by atoms with E-state index in [-0.39, 0.29) is 28.9 Å². The van der Waals surface area contributed by atoms with E-state index < -0.39 is 98.3 Å². The van der Waals surface area contributed by atoms with E-state index in [1.165, 1.54) is 55.4 Å². The molecule has 0 aromatic heterocycles. The first-order chi connectivity index (χ1) is 21.9. The number of aromatic hydroxyl groups is 1. The van der Waals surface area contributed by atoms with Crippen molar-refractivity contribution in [2.45, 2.75) is 43.1 Å². The van der Waals surface area contributed by atoms with Gasteiger partial charge in [-0.2, -0.15) is 0 Å². The molecule has 1 fully saturated rings. The molecule has 1 unspecified atom stereocenters. The molecule has 16 nitrogen and oxygen atoms in total. The lowest BCUT2D eigenvalue weighted by atomic mass is 9.54. The zero-order valence-corrected chi connectivity index (χ0v) is 25.4. The van der Waals surface area contributed by atoms with E-state index in [0.29, 0.717) is 5.56 Å². The lowest BCUT2D eigenvalue weighted by Crippen LogP contribution is -2.70. The van der Waals surface area contributed by atoms with Crippen LogP contribution in [0, 0.1) is 22.0 Å². The third-order valence-corrected chi connectivity index (χ3v) is 9.33. The van der Waals surface area contributed by atoms with E-state index in [1.54, 1.807) is 6.92 Å². The number of ketones is 2. The Hall–Kier alpha value is -5.16. The molecule has 16 heteroatoms. The van der Waals surface area contributed by atoms with Crippen LogP contribution in [0.15, 0.2) is 53.3 Å². The molecule has 3 aliphatic carbocycles. The minimum Gasteiger partial charge on any atom is -0.508 e. The first-order valence-corrected chi connectivity index (χ1v) is 14.4. The zero-order valence-electron chi connectivity index (χ0n) is 25.4. The Balaban J connectivity index is 1.54. The average molecular weight is 652 g/mol. The van der Waals surface area contributed by atoms with Crippen molar-refractivity contribution in [3.8, 4) is 5.75 Å². The van der Waals surface area contributed by atoms with Crippen molar-refractivity contribution in [3.05, 3.63) is 80.1 Å². The number of nitrogens with one attached hydrogen (secondary N) is 1. The first kappa shape index (κ1) is 33.2. The summed E-state index contributed by atoms with van der Waals surface area (Å²) in [6.07, 6.45) is -1.76. The van der Waals surface area contributed by atoms with Crippen molar-refractivity contribution in [2.75, 3.05) is 19.4 Å². The van der Waals surface area contributed by atoms with Crippen molar-refractivity contribution in [2.24, 2.45) is 23.3 Å². The molecule has 3 aliphatic rings. The second-order valence-corrected chi connectivity index (χ2v) is 12.2. The van der Waals surface area contributed by atoms with E-state index in [1.807, 2.05) is 0 Å². The number of likely N-dealkylation sites (N-methyl/N-ethyl adjacent to an activating group) is 1. The van der Waals surface area contributed by atoms with Crippen LogP contribution in [0.5, 0.6) is 5.75 Å². The van der Waals surface area contributed by atoms with E-state index in [0.717, 1.165) is 0 Å². The van der Waals surface area contributed by atoms with Crippen molar-refractivity contribution in [1.29, 1.82) is 0 Å². The number of carbonyl (C=O) groups is 4. The quantitative estimate of drug-likeness (QED) is 0.0842. The number of fused-ring (bicyclic) bond motifs is 3. The highest BCUT2D eigenvalue weighted by molar-refractivity contribution is 6.24. The maximum absolute atomic E-state index is 14.1. The van der Waals surface area contributed by atoms with Gasteiger partial charge in [-0.05, 0) is 43.6 Å². The summed E-state index contributed by atoms with van der Waals surface area (Å²) in [5, 5.41) is 70.6. The second-order valence-electron chi connectivity index (χ2n) is 12.2. The van der Waals surface area contributed by atoms with Gasteiger partial charge in [-0.15, -0.1) is 0 Å². The van der Waals surface area contributed by atoms with Gasteiger partial charge in [0, 0.05) is 23.6 Å². The Labute approximate surface area is 266 Å². The number of hydrogen-bond donors (Lipinski definition) is 8. The van der Waals surface area contributed by atoms with Crippen LogP contribution in [0.1, 0.15) is 29.5 Å². The summed E-state index contributed by atoms with van der Waals surface area (Å²) in [6, 6.07) is 5.54. The molecule has 248 valence electrons. The Bertz CT molecular complexity index is 1800. The highest BCUT2D eigenvalue weighted by atomic mass is 16.6. The molecule has 0 spiro atoms. The summed E-state index contributed by atoms with van der Waals surface area (Å²) in [6.45, 7) is 1.58. The third kappa shape index (κ3) is 4.93. The highest BCUT2D eigenvalue weighted by Crippen LogP contribution is 2.56. The molecule has 2 amide bonds. The maximum Gasteiger partial charge on any atom is 0.269 e. The number of nitro benzene ring substituents is 1. The van der Waals surface area contributed by atoms with Crippen LogP contribution in [0.3, 0.4) is 0 Å². The fourth-order valence-corrected chi connectivity index (χ4v) is 7.04. The van der Waals surface area contributed by atoms with Gasteiger partial charge in [-0.3, -0.25) is 34.2 Å². The molecule has 0 aliphatic heterocycles. The van der Waals surface area contributed by atoms with Crippen molar-refractivity contribution in [3.63, 3.8) is 0 Å². The predicted molar refractivity (Wildman–Crippen MR) is 164 cm³/mol. The van der Waals surface area contributed by atoms with Crippen LogP contribution in [0.4, 0.5) is 11.4 Å². The summed E-state index contributed by atoms with van der Waals surface area (Å²) < 4.78 is 0. The minimum atomic E-state index is -3.06. The number of phenols is 1. The topological polar surface area (TPSA) is 280 Å². The van der Waals surface area contributed by atoms with E-state index in [4.69, 9.17) is 11.5 Å².